The maximum Gasteiger partial charge on any atom is 0.129 e. The Morgan fingerprint density at radius 1 is 1.50 bits per heavy atom. The fourth-order valence-corrected chi connectivity index (χ4v) is 2.71. The molecule has 18 heavy (non-hydrogen) atoms. The van der Waals surface area contributed by atoms with Crippen molar-refractivity contribution in [3.63, 3.8) is 0 Å². The minimum atomic E-state index is 0.205. The summed E-state index contributed by atoms with van der Waals surface area (Å²) in [6.07, 6.45) is 4.23. The number of hydrogen-bond acceptors (Lipinski definition) is 3. The zero-order chi connectivity index (χ0) is 13.2. The van der Waals surface area contributed by atoms with Crippen LogP contribution >= 0.6 is 11.6 Å². The van der Waals surface area contributed by atoms with Crippen LogP contribution in [0.4, 0.5) is 5.82 Å². The summed E-state index contributed by atoms with van der Waals surface area (Å²) in [6, 6.07) is 2.12. The standard InChI is InChI=1S/C14H22ClN3/c1-4-16-9-11-8-13(17-10-12(11)15)18-7-5-6-14(18,2)3/h8,10,16H,4-7,9H2,1-3H3. The molecule has 1 fully saturated rings. The van der Waals surface area contributed by atoms with Gasteiger partial charge in [0, 0.05) is 24.8 Å². The van der Waals surface area contributed by atoms with Crippen LogP contribution in [0.5, 0.6) is 0 Å². The van der Waals surface area contributed by atoms with Crippen LogP contribution in [-0.2, 0) is 6.54 Å². The number of aromatic nitrogens is 1. The first-order chi connectivity index (χ1) is 8.54. The molecular formula is C14H22ClN3. The Bertz CT molecular complexity index is 418. The van der Waals surface area contributed by atoms with Gasteiger partial charge in [-0.25, -0.2) is 4.98 Å². The first kappa shape index (κ1) is 13.6. The average molecular weight is 268 g/mol. The Morgan fingerprint density at radius 3 is 2.89 bits per heavy atom. The molecule has 0 atom stereocenters. The van der Waals surface area contributed by atoms with Gasteiger partial charge in [0.15, 0.2) is 0 Å². The minimum Gasteiger partial charge on any atom is -0.351 e. The minimum absolute atomic E-state index is 0.205. The van der Waals surface area contributed by atoms with E-state index in [-0.39, 0.29) is 5.54 Å². The van der Waals surface area contributed by atoms with Crippen molar-refractivity contribution in [2.75, 3.05) is 18.0 Å². The normalized spacial score (nSPS) is 18.3. The molecular weight excluding hydrogens is 246 g/mol. The van der Waals surface area contributed by atoms with Gasteiger partial charge in [-0.15, -0.1) is 0 Å². The van der Waals surface area contributed by atoms with E-state index in [1.165, 1.54) is 12.8 Å². The predicted octanol–water partition coefficient (Wildman–Crippen LogP) is 3.22. The van der Waals surface area contributed by atoms with Gasteiger partial charge in [0.2, 0.25) is 0 Å². The molecule has 0 aliphatic carbocycles. The summed E-state index contributed by atoms with van der Waals surface area (Å²) in [5, 5.41) is 4.06. The van der Waals surface area contributed by atoms with Gasteiger partial charge in [0.25, 0.3) is 0 Å². The van der Waals surface area contributed by atoms with Crippen LogP contribution in [0.25, 0.3) is 0 Å². The quantitative estimate of drug-likeness (QED) is 0.908. The summed E-state index contributed by atoms with van der Waals surface area (Å²) >= 11 is 6.19. The average Bonchev–Trinajstić information content (AvgIpc) is 2.68. The maximum atomic E-state index is 6.19. The number of anilines is 1. The summed E-state index contributed by atoms with van der Waals surface area (Å²) in [7, 11) is 0. The molecule has 2 heterocycles. The van der Waals surface area contributed by atoms with E-state index in [2.05, 4.69) is 42.0 Å². The molecule has 0 radical (unpaired) electrons. The van der Waals surface area contributed by atoms with Crippen LogP contribution in [0.2, 0.25) is 5.02 Å². The van der Waals surface area contributed by atoms with Crippen molar-refractivity contribution in [3.05, 3.63) is 22.8 Å². The van der Waals surface area contributed by atoms with Crippen LogP contribution in [0.1, 0.15) is 39.2 Å². The fourth-order valence-electron chi connectivity index (χ4n) is 2.54. The summed E-state index contributed by atoms with van der Waals surface area (Å²) < 4.78 is 0. The van der Waals surface area contributed by atoms with Crippen LogP contribution in [0, 0.1) is 0 Å². The molecule has 1 aromatic rings. The monoisotopic (exact) mass is 267 g/mol. The Morgan fingerprint density at radius 2 is 2.28 bits per heavy atom. The number of nitrogens with one attached hydrogen (secondary N) is 1. The zero-order valence-corrected chi connectivity index (χ0v) is 12.2. The smallest absolute Gasteiger partial charge is 0.129 e. The second-order valence-corrected chi connectivity index (χ2v) is 5.89. The third-order valence-corrected chi connectivity index (χ3v) is 4.00. The molecule has 100 valence electrons. The van der Waals surface area contributed by atoms with Gasteiger partial charge in [0.1, 0.15) is 5.82 Å². The highest BCUT2D eigenvalue weighted by Crippen LogP contribution is 2.33. The van der Waals surface area contributed by atoms with Crippen molar-refractivity contribution < 1.29 is 0 Å². The number of halogens is 1. The van der Waals surface area contributed by atoms with Crippen molar-refractivity contribution in [3.8, 4) is 0 Å². The largest absolute Gasteiger partial charge is 0.351 e. The summed E-state index contributed by atoms with van der Waals surface area (Å²) in [5.74, 6) is 1.05. The number of pyridine rings is 1. The molecule has 1 aromatic heterocycles. The van der Waals surface area contributed by atoms with Crippen molar-refractivity contribution in [1.29, 1.82) is 0 Å². The van der Waals surface area contributed by atoms with Gasteiger partial charge >= 0.3 is 0 Å². The van der Waals surface area contributed by atoms with E-state index in [0.29, 0.717) is 0 Å². The first-order valence-corrected chi connectivity index (χ1v) is 7.05. The lowest BCUT2D eigenvalue weighted by molar-refractivity contribution is 0.514. The van der Waals surface area contributed by atoms with Crippen LogP contribution in [0.15, 0.2) is 12.3 Å². The van der Waals surface area contributed by atoms with Crippen molar-refractivity contribution in [1.82, 2.24) is 10.3 Å². The van der Waals surface area contributed by atoms with Crippen LogP contribution in [0.3, 0.4) is 0 Å². The molecule has 1 N–H and O–H groups in total. The van der Waals surface area contributed by atoms with E-state index in [0.717, 1.165) is 36.0 Å². The SMILES string of the molecule is CCNCc1cc(N2CCCC2(C)C)ncc1Cl. The highest BCUT2D eigenvalue weighted by Gasteiger charge is 2.32. The summed E-state index contributed by atoms with van der Waals surface area (Å²) in [4.78, 5) is 6.88. The maximum absolute atomic E-state index is 6.19. The van der Waals surface area contributed by atoms with Crippen molar-refractivity contribution in [2.24, 2.45) is 0 Å². The van der Waals surface area contributed by atoms with Gasteiger partial charge in [-0.3, -0.25) is 0 Å². The predicted molar refractivity (Wildman–Crippen MR) is 77.3 cm³/mol. The molecule has 0 bridgehead atoms. The van der Waals surface area contributed by atoms with Crippen molar-refractivity contribution >= 4 is 17.4 Å². The van der Waals surface area contributed by atoms with Crippen LogP contribution < -0.4 is 10.2 Å². The van der Waals surface area contributed by atoms with E-state index >= 15 is 0 Å². The molecule has 4 heteroatoms. The van der Waals surface area contributed by atoms with E-state index < -0.39 is 0 Å². The number of hydrogen-bond donors (Lipinski definition) is 1. The van der Waals surface area contributed by atoms with Gasteiger partial charge in [0.05, 0.1) is 5.02 Å². The van der Waals surface area contributed by atoms with Crippen molar-refractivity contribution in [2.45, 2.75) is 45.7 Å². The molecule has 0 unspecified atom stereocenters. The summed E-state index contributed by atoms with van der Waals surface area (Å²) in [5.41, 5.74) is 1.34. The van der Waals surface area contributed by atoms with Gasteiger partial charge in [-0.05, 0) is 44.9 Å². The molecule has 3 nitrogen and oxygen atoms in total. The molecule has 0 amide bonds. The Kier molecular flexibility index (Phi) is 4.13. The zero-order valence-electron chi connectivity index (χ0n) is 11.5. The highest BCUT2D eigenvalue weighted by atomic mass is 35.5. The topological polar surface area (TPSA) is 28.2 Å². The van der Waals surface area contributed by atoms with E-state index in [1.54, 1.807) is 6.20 Å². The Balaban J connectivity index is 2.23. The highest BCUT2D eigenvalue weighted by molar-refractivity contribution is 6.31. The van der Waals surface area contributed by atoms with Gasteiger partial charge in [-0.1, -0.05) is 18.5 Å². The molecule has 0 saturated carbocycles. The fraction of sp³-hybridized carbons (Fsp3) is 0.643. The second-order valence-electron chi connectivity index (χ2n) is 5.48. The lowest BCUT2D eigenvalue weighted by atomic mass is 10.0. The van der Waals surface area contributed by atoms with Gasteiger partial charge < -0.3 is 10.2 Å². The Labute approximate surface area is 115 Å². The van der Waals surface area contributed by atoms with E-state index in [9.17, 15) is 0 Å². The molecule has 1 aliphatic rings. The third kappa shape index (κ3) is 2.78. The van der Waals surface area contributed by atoms with E-state index in [1.807, 2.05) is 0 Å². The Hall–Kier alpha value is -0.800. The van der Waals surface area contributed by atoms with Gasteiger partial charge in [-0.2, -0.15) is 0 Å². The molecule has 1 aliphatic heterocycles. The lowest BCUT2D eigenvalue weighted by Crippen LogP contribution is -2.38. The molecule has 1 saturated heterocycles. The third-order valence-electron chi connectivity index (χ3n) is 3.66. The summed E-state index contributed by atoms with van der Waals surface area (Å²) in [6.45, 7) is 9.49. The number of nitrogens with zero attached hydrogens (tertiary/aromatic N) is 2. The van der Waals surface area contributed by atoms with E-state index in [4.69, 9.17) is 11.6 Å². The number of rotatable bonds is 4. The molecule has 0 spiro atoms. The molecule has 0 aromatic carbocycles. The lowest BCUT2D eigenvalue weighted by Gasteiger charge is -2.33. The molecule has 2 rings (SSSR count). The first-order valence-electron chi connectivity index (χ1n) is 6.67. The second kappa shape index (κ2) is 5.45. The van der Waals surface area contributed by atoms with Crippen LogP contribution in [-0.4, -0.2) is 23.6 Å².